The Bertz CT molecular complexity index is 428. The molecule has 0 aliphatic heterocycles. The lowest BCUT2D eigenvalue weighted by molar-refractivity contribution is 0.0569. The van der Waals surface area contributed by atoms with Gasteiger partial charge in [0, 0.05) is 0 Å². The Kier molecular flexibility index (Phi) is 1.46. The fourth-order valence-electron chi connectivity index (χ4n) is 1.48. The van der Waals surface area contributed by atoms with Crippen LogP contribution >= 0.6 is 0 Å². The van der Waals surface area contributed by atoms with E-state index in [1.165, 1.54) is 0 Å². The van der Waals surface area contributed by atoms with Crippen molar-refractivity contribution in [3.05, 3.63) is 17.7 Å². The summed E-state index contributed by atoms with van der Waals surface area (Å²) in [7, 11) is 0. The molecule has 0 amide bonds. The van der Waals surface area contributed by atoms with Crippen LogP contribution in [0.25, 0.3) is 11.2 Å². The zero-order valence-corrected chi connectivity index (χ0v) is 7.92. The highest BCUT2D eigenvalue weighted by Crippen LogP contribution is 2.38. The molecular formula is C10H12O3. The molecule has 0 fully saturated rings. The molecule has 0 saturated carbocycles. The summed E-state index contributed by atoms with van der Waals surface area (Å²) in [5, 5.41) is 9.65. The largest absolute Gasteiger partial charge is 0.508 e. The first-order valence-corrected chi connectivity index (χ1v) is 4.21. The number of benzene rings is 1. The van der Waals surface area contributed by atoms with E-state index in [1.807, 2.05) is 20.8 Å². The van der Waals surface area contributed by atoms with Crippen molar-refractivity contribution in [3.8, 4) is 5.75 Å². The third-order valence-electron chi connectivity index (χ3n) is 2.06. The minimum atomic E-state index is -0.140. The first kappa shape index (κ1) is 8.23. The lowest BCUT2D eigenvalue weighted by Gasteiger charge is -2.20. The lowest BCUT2D eigenvalue weighted by atomic mass is 9.86. The van der Waals surface area contributed by atoms with E-state index in [1.54, 1.807) is 12.1 Å². The molecule has 70 valence electrons. The van der Waals surface area contributed by atoms with Gasteiger partial charge in [0.1, 0.15) is 5.75 Å². The Morgan fingerprint density at radius 2 is 1.85 bits per heavy atom. The fraction of sp³-hybridized carbons (Fsp3) is 0.400. The maximum absolute atomic E-state index is 9.65. The topological polar surface area (TPSA) is 46.5 Å². The summed E-state index contributed by atoms with van der Waals surface area (Å²) in [6.45, 7) is 6.05. The van der Waals surface area contributed by atoms with Crippen molar-refractivity contribution in [3.63, 3.8) is 0 Å². The predicted molar refractivity (Wildman–Crippen MR) is 48.8 cm³/mol. The monoisotopic (exact) mass is 180 g/mol. The van der Waals surface area contributed by atoms with Gasteiger partial charge in [-0.25, -0.2) is 0 Å². The molecule has 0 atom stereocenters. The zero-order valence-electron chi connectivity index (χ0n) is 7.92. The van der Waals surface area contributed by atoms with Gasteiger partial charge in [-0.3, -0.25) is 9.15 Å². The van der Waals surface area contributed by atoms with Gasteiger partial charge in [0.2, 0.25) is 11.2 Å². The summed E-state index contributed by atoms with van der Waals surface area (Å²) in [5.74, 6) is 0.259. The quantitative estimate of drug-likeness (QED) is 0.634. The van der Waals surface area contributed by atoms with Crippen LogP contribution in [0.4, 0.5) is 0 Å². The highest BCUT2D eigenvalue weighted by molar-refractivity contribution is 5.78. The van der Waals surface area contributed by atoms with Crippen molar-refractivity contribution in [1.29, 1.82) is 0 Å². The number of phenolic OH excluding ortho intramolecular Hbond substituents is 1. The number of phenols is 1. The minimum absolute atomic E-state index is 0.140. The molecule has 0 saturated heterocycles. The van der Waals surface area contributed by atoms with Crippen LogP contribution < -0.4 is 0 Å². The van der Waals surface area contributed by atoms with Crippen LogP contribution in [0.3, 0.4) is 0 Å². The van der Waals surface area contributed by atoms with Crippen molar-refractivity contribution >= 4 is 11.2 Å². The smallest absolute Gasteiger partial charge is 0.233 e. The molecule has 0 aliphatic carbocycles. The van der Waals surface area contributed by atoms with Crippen LogP contribution in [0.2, 0.25) is 0 Å². The molecule has 0 bridgehead atoms. The number of rotatable bonds is 0. The summed E-state index contributed by atoms with van der Waals surface area (Å²) in [6.07, 6.45) is 0. The molecule has 1 N–H and O–H groups in total. The zero-order chi connectivity index (χ0) is 9.64. The molecule has 13 heavy (non-hydrogen) atoms. The Labute approximate surface area is 75.9 Å². The average molecular weight is 180 g/mol. The molecule has 0 radical (unpaired) electrons. The standard InChI is InChI=1S/C10H12O3/c1-10(2,3)8-6(11)4-5-7-9(8)13-12-7/h4-5,11H,1-3H3. The van der Waals surface area contributed by atoms with E-state index in [2.05, 4.69) is 0 Å². The number of aromatic hydroxyl groups is 1. The Balaban J connectivity index is 2.73. The second-order valence-electron chi connectivity index (χ2n) is 4.20. The van der Waals surface area contributed by atoms with Gasteiger partial charge >= 0.3 is 0 Å². The summed E-state index contributed by atoms with van der Waals surface area (Å²) < 4.78 is 9.61. The van der Waals surface area contributed by atoms with Crippen LogP contribution in [-0.2, 0) is 5.41 Å². The van der Waals surface area contributed by atoms with Crippen LogP contribution in [0, 0.1) is 0 Å². The van der Waals surface area contributed by atoms with E-state index < -0.39 is 0 Å². The minimum Gasteiger partial charge on any atom is -0.508 e. The van der Waals surface area contributed by atoms with Crippen molar-refractivity contribution in [2.45, 2.75) is 26.2 Å². The van der Waals surface area contributed by atoms with Crippen LogP contribution in [0.15, 0.2) is 21.3 Å². The average Bonchev–Trinajstić information content (AvgIpc) is 1.93. The van der Waals surface area contributed by atoms with Crippen molar-refractivity contribution in [1.82, 2.24) is 0 Å². The van der Waals surface area contributed by atoms with Gasteiger partial charge < -0.3 is 5.11 Å². The molecule has 1 aromatic carbocycles. The molecule has 3 nitrogen and oxygen atoms in total. The maximum Gasteiger partial charge on any atom is 0.233 e. The van der Waals surface area contributed by atoms with Gasteiger partial charge in [0.05, 0.1) is 5.56 Å². The fourth-order valence-corrected chi connectivity index (χ4v) is 1.48. The highest BCUT2D eigenvalue weighted by atomic mass is 17.0. The van der Waals surface area contributed by atoms with Gasteiger partial charge in [-0.05, 0) is 17.5 Å². The van der Waals surface area contributed by atoms with Crippen LogP contribution in [-0.4, -0.2) is 5.11 Å². The van der Waals surface area contributed by atoms with Crippen molar-refractivity contribution in [2.24, 2.45) is 0 Å². The van der Waals surface area contributed by atoms with E-state index in [9.17, 15) is 5.11 Å². The van der Waals surface area contributed by atoms with Crippen molar-refractivity contribution in [2.75, 3.05) is 0 Å². The highest BCUT2D eigenvalue weighted by Gasteiger charge is 2.25. The molecule has 0 spiro atoms. The molecule has 1 aromatic heterocycles. The molecule has 0 unspecified atom stereocenters. The van der Waals surface area contributed by atoms with E-state index in [0.717, 1.165) is 5.56 Å². The van der Waals surface area contributed by atoms with Crippen LogP contribution in [0.5, 0.6) is 5.75 Å². The third-order valence-corrected chi connectivity index (χ3v) is 2.06. The van der Waals surface area contributed by atoms with Gasteiger partial charge in [0.25, 0.3) is 0 Å². The molecule has 1 heterocycles. The summed E-state index contributed by atoms with van der Waals surface area (Å²) in [4.78, 5) is 0. The maximum atomic E-state index is 9.65. The summed E-state index contributed by atoms with van der Waals surface area (Å²) in [5.41, 5.74) is 2.02. The van der Waals surface area contributed by atoms with Crippen molar-refractivity contribution < 1.29 is 14.3 Å². The Morgan fingerprint density at radius 3 is 2.23 bits per heavy atom. The molecule has 2 aromatic rings. The number of hydrogen-bond donors (Lipinski definition) is 1. The summed E-state index contributed by atoms with van der Waals surface area (Å²) >= 11 is 0. The first-order valence-electron chi connectivity index (χ1n) is 4.21. The van der Waals surface area contributed by atoms with Gasteiger partial charge in [-0.1, -0.05) is 20.8 Å². The molecular weight excluding hydrogens is 168 g/mol. The van der Waals surface area contributed by atoms with E-state index in [0.29, 0.717) is 11.2 Å². The Morgan fingerprint density at radius 1 is 1.15 bits per heavy atom. The van der Waals surface area contributed by atoms with Gasteiger partial charge in [-0.2, -0.15) is 0 Å². The van der Waals surface area contributed by atoms with Crippen LogP contribution in [0.1, 0.15) is 26.3 Å². The predicted octanol–water partition coefficient (Wildman–Crippen LogP) is 3.03. The first-order chi connectivity index (χ1) is 6.00. The third kappa shape index (κ3) is 1.11. The molecule has 3 heteroatoms. The second kappa shape index (κ2) is 2.31. The van der Waals surface area contributed by atoms with Gasteiger partial charge in [-0.15, -0.1) is 0 Å². The number of hydrogen-bond acceptors (Lipinski definition) is 3. The number of fused-ring (bicyclic) bond motifs is 1. The SMILES string of the molecule is CC(C)(C)c1c(O)ccc2ooc12. The van der Waals surface area contributed by atoms with E-state index in [4.69, 9.17) is 9.15 Å². The van der Waals surface area contributed by atoms with E-state index >= 15 is 0 Å². The molecule has 0 aliphatic rings. The van der Waals surface area contributed by atoms with E-state index in [-0.39, 0.29) is 11.2 Å². The normalized spacial score (nSPS) is 12.5. The lowest BCUT2D eigenvalue weighted by Crippen LogP contribution is -2.12. The summed E-state index contributed by atoms with van der Waals surface area (Å²) in [6, 6.07) is 3.32. The van der Waals surface area contributed by atoms with Gasteiger partial charge in [0.15, 0.2) is 0 Å². The Hall–Kier alpha value is -1.38. The molecule has 2 rings (SSSR count). The second-order valence-corrected chi connectivity index (χ2v) is 4.20.